The highest BCUT2D eigenvalue weighted by atomic mass is 31.2. The molecule has 2 unspecified atom stereocenters. The quantitative estimate of drug-likeness (QED) is 0.692. The molecule has 0 spiro atoms. The number of hydrogen-bond acceptors (Lipinski definition) is 2. The van der Waals surface area contributed by atoms with E-state index in [1.807, 2.05) is 0 Å². The van der Waals surface area contributed by atoms with Crippen LogP contribution in [-0.4, -0.2) is 18.2 Å². The Morgan fingerprint density at radius 1 is 1.29 bits per heavy atom. The van der Waals surface area contributed by atoms with Crippen molar-refractivity contribution < 1.29 is 9.42 Å². The Labute approximate surface area is 90.0 Å². The molecule has 0 aromatic rings. The lowest BCUT2D eigenvalue weighted by atomic mass is 9.74. The molecule has 0 saturated heterocycles. The van der Waals surface area contributed by atoms with Crippen LogP contribution in [0.5, 0.6) is 0 Å². The molecule has 0 fully saturated rings. The first-order valence-electron chi connectivity index (χ1n) is 5.31. The molecule has 0 heterocycles. The first kappa shape index (κ1) is 14.3. The fourth-order valence-electron chi connectivity index (χ4n) is 1.70. The van der Waals surface area contributed by atoms with E-state index >= 15 is 0 Å². The minimum absolute atomic E-state index is 0.291. The Bertz CT molecular complexity index is 155. The van der Waals surface area contributed by atoms with Crippen molar-refractivity contribution in [1.29, 1.82) is 0 Å². The first-order valence-corrected chi connectivity index (χ1v) is 6.97. The Kier molecular flexibility index (Phi) is 6.20. The molecule has 1 N–H and O–H groups in total. The second kappa shape index (κ2) is 6.05. The molecule has 0 radical (unpaired) electrons. The largest absolute Gasteiger partial charge is 0.350 e. The lowest BCUT2D eigenvalue weighted by Gasteiger charge is -2.33. The van der Waals surface area contributed by atoms with Crippen molar-refractivity contribution in [1.82, 2.24) is 0 Å². The average molecular weight is 220 g/mol. The van der Waals surface area contributed by atoms with Crippen LogP contribution in [0.2, 0.25) is 0 Å². The molecule has 0 aromatic heterocycles. The maximum Gasteiger partial charge on any atom is 0.164 e. The van der Waals surface area contributed by atoms with Crippen molar-refractivity contribution in [3.63, 3.8) is 0 Å². The lowest BCUT2D eigenvalue weighted by Crippen LogP contribution is -2.26. The minimum atomic E-state index is -1.20. The van der Waals surface area contributed by atoms with Crippen molar-refractivity contribution in [3.05, 3.63) is 0 Å². The zero-order chi connectivity index (χ0) is 11.4. The van der Waals surface area contributed by atoms with Gasteiger partial charge in [-0.05, 0) is 23.7 Å². The van der Waals surface area contributed by atoms with E-state index in [0.717, 1.165) is 0 Å². The number of rotatable bonds is 6. The molecule has 2 nitrogen and oxygen atoms in total. The van der Waals surface area contributed by atoms with Crippen LogP contribution in [0.3, 0.4) is 0 Å². The third kappa shape index (κ3) is 5.95. The summed E-state index contributed by atoms with van der Waals surface area (Å²) < 4.78 is 5.29. The predicted octanol–water partition coefficient (Wildman–Crippen LogP) is 3.65. The maximum atomic E-state index is 9.09. The van der Waals surface area contributed by atoms with Gasteiger partial charge in [0.2, 0.25) is 0 Å². The van der Waals surface area contributed by atoms with Gasteiger partial charge >= 0.3 is 0 Å². The monoisotopic (exact) mass is 220 g/mol. The molecule has 3 heteroatoms. The lowest BCUT2D eigenvalue weighted by molar-refractivity contribution is 0.124. The van der Waals surface area contributed by atoms with Crippen LogP contribution in [0.1, 0.15) is 41.0 Å². The van der Waals surface area contributed by atoms with Crippen molar-refractivity contribution in [2.24, 2.45) is 17.3 Å². The van der Waals surface area contributed by atoms with E-state index in [2.05, 4.69) is 34.6 Å². The smallest absolute Gasteiger partial charge is 0.164 e. The summed E-state index contributed by atoms with van der Waals surface area (Å²) in [6, 6.07) is 0. The first-order chi connectivity index (χ1) is 6.25. The van der Waals surface area contributed by atoms with Gasteiger partial charge < -0.3 is 9.42 Å². The normalized spacial score (nSPS) is 17.1. The van der Waals surface area contributed by atoms with E-state index in [-0.39, 0.29) is 0 Å². The van der Waals surface area contributed by atoms with Crippen molar-refractivity contribution in [2.75, 3.05) is 13.3 Å². The van der Waals surface area contributed by atoms with Gasteiger partial charge in [-0.2, -0.15) is 0 Å². The molecule has 0 aliphatic rings. The average Bonchev–Trinajstić information content (AvgIpc) is 1.97. The summed E-state index contributed by atoms with van der Waals surface area (Å²) in [7, 11) is -1.20. The van der Waals surface area contributed by atoms with E-state index in [4.69, 9.17) is 9.42 Å². The van der Waals surface area contributed by atoms with Gasteiger partial charge in [0, 0.05) is 6.66 Å². The molecule has 0 aliphatic carbocycles. The minimum Gasteiger partial charge on any atom is -0.350 e. The van der Waals surface area contributed by atoms with E-state index in [1.165, 1.54) is 6.42 Å². The molecule has 0 aliphatic heterocycles. The summed E-state index contributed by atoms with van der Waals surface area (Å²) in [4.78, 5) is 9.09. The second-order valence-electron chi connectivity index (χ2n) is 5.25. The van der Waals surface area contributed by atoms with Crippen molar-refractivity contribution >= 4 is 8.38 Å². The van der Waals surface area contributed by atoms with Gasteiger partial charge in [0.25, 0.3) is 0 Å². The van der Waals surface area contributed by atoms with Gasteiger partial charge in [-0.25, -0.2) is 0 Å². The molecule has 2 atom stereocenters. The zero-order valence-electron chi connectivity index (χ0n) is 10.4. The van der Waals surface area contributed by atoms with Crippen LogP contribution in [0.4, 0.5) is 0 Å². The van der Waals surface area contributed by atoms with Gasteiger partial charge in [0.05, 0.1) is 6.61 Å². The van der Waals surface area contributed by atoms with Crippen LogP contribution in [0.25, 0.3) is 0 Å². The Morgan fingerprint density at radius 2 is 1.79 bits per heavy atom. The van der Waals surface area contributed by atoms with Crippen molar-refractivity contribution in [2.45, 2.75) is 41.0 Å². The third-order valence-electron chi connectivity index (χ3n) is 2.78. The summed E-state index contributed by atoms with van der Waals surface area (Å²) in [5.41, 5.74) is 0.291. The van der Waals surface area contributed by atoms with Gasteiger partial charge in [-0.3, -0.25) is 0 Å². The molecule has 14 heavy (non-hydrogen) atoms. The Hall–Kier alpha value is 0.350. The second-order valence-corrected chi connectivity index (χ2v) is 6.43. The fourth-order valence-corrected chi connectivity index (χ4v) is 2.14. The van der Waals surface area contributed by atoms with Crippen LogP contribution in [0.15, 0.2) is 0 Å². The molecule has 0 rings (SSSR count). The summed E-state index contributed by atoms with van der Waals surface area (Å²) >= 11 is 0. The summed E-state index contributed by atoms with van der Waals surface area (Å²) in [5.74, 6) is 1.20. The summed E-state index contributed by atoms with van der Waals surface area (Å²) in [5, 5.41) is 0. The Morgan fingerprint density at radius 3 is 2.14 bits per heavy atom. The van der Waals surface area contributed by atoms with Crippen LogP contribution in [-0.2, 0) is 4.52 Å². The number of hydrogen-bond donors (Lipinski definition) is 1. The van der Waals surface area contributed by atoms with Gasteiger partial charge in [0.15, 0.2) is 8.38 Å². The molecule has 0 amide bonds. The molecule has 0 saturated carbocycles. The van der Waals surface area contributed by atoms with E-state index in [9.17, 15) is 0 Å². The zero-order valence-corrected chi connectivity index (χ0v) is 11.3. The molecule has 0 bridgehead atoms. The Balaban J connectivity index is 4.00. The molecular formula is C11H25O2P. The summed E-state index contributed by atoms with van der Waals surface area (Å²) in [6.07, 6.45) is 1.20. The standard InChI is InChI=1S/C11H25O2P/c1-9(2)7-11(4,5)10(3)8-13-14(6)12/h9-10,12H,7-8H2,1-6H3. The maximum absolute atomic E-state index is 9.09. The molecule has 0 aromatic carbocycles. The predicted molar refractivity (Wildman–Crippen MR) is 63.4 cm³/mol. The van der Waals surface area contributed by atoms with E-state index < -0.39 is 8.38 Å². The topological polar surface area (TPSA) is 29.5 Å². The van der Waals surface area contributed by atoms with Gasteiger partial charge in [-0.1, -0.05) is 34.6 Å². The van der Waals surface area contributed by atoms with Gasteiger partial charge in [0.1, 0.15) is 0 Å². The molecular weight excluding hydrogens is 195 g/mol. The highest BCUT2D eigenvalue weighted by Gasteiger charge is 2.27. The van der Waals surface area contributed by atoms with E-state index in [1.54, 1.807) is 6.66 Å². The third-order valence-corrected chi connectivity index (χ3v) is 3.30. The van der Waals surface area contributed by atoms with Crippen molar-refractivity contribution in [3.8, 4) is 0 Å². The van der Waals surface area contributed by atoms with Crippen LogP contribution < -0.4 is 0 Å². The van der Waals surface area contributed by atoms with Gasteiger partial charge in [-0.15, -0.1) is 0 Å². The highest BCUT2D eigenvalue weighted by molar-refractivity contribution is 7.45. The summed E-state index contributed by atoms with van der Waals surface area (Å²) in [6.45, 7) is 13.6. The van der Waals surface area contributed by atoms with Crippen LogP contribution >= 0.6 is 8.38 Å². The fraction of sp³-hybridized carbons (Fsp3) is 1.00. The van der Waals surface area contributed by atoms with E-state index in [0.29, 0.717) is 23.9 Å². The molecule has 86 valence electrons. The van der Waals surface area contributed by atoms with Crippen LogP contribution in [0, 0.1) is 17.3 Å². The SMILES string of the molecule is CC(C)CC(C)(C)C(C)COP(C)O. The highest BCUT2D eigenvalue weighted by Crippen LogP contribution is 2.36.